The first-order valence-electron chi connectivity index (χ1n) is 4.53. The van der Waals surface area contributed by atoms with Crippen LogP contribution in [0.15, 0.2) is 24.3 Å². The van der Waals surface area contributed by atoms with Gasteiger partial charge in [-0.05, 0) is 40.3 Å². The Morgan fingerprint density at radius 1 is 1.19 bits per heavy atom. The normalized spacial score (nSPS) is 12.1. The summed E-state index contributed by atoms with van der Waals surface area (Å²) in [7, 11) is 0. The molecule has 1 nitrogen and oxygen atoms in total. The molecule has 0 bridgehead atoms. The van der Waals surface area contributed by atoms with E-state index in [9.17, 15) is 17.6 Å². The average molecular weight is 347 g/mol. The third-order valence-electron chi connectivity index (χ3n) is 1.92. The highest BCUT2D eigenvalue weighted by Gasteiger charge is 2.39. The number of hydrogen-bond donors (Lipinski definition) is 1. The van der Waals surface area contributed by atoms with Crippen molar-refractivity contribution in [2.24, 2.45) is 0 Å². The zero-order chi connectivity index (χ0) is 12.2. The third-order valence-corrected chi connectivity index (χ3v) is 2.64. The largest absolute Gasteiger partial charge is 0.319 e. The van der Waals surface area contributed by atoms with E-state index in [4.69, 9.17) is 0 Å². The van der Waals surface area contributed by atoms with Gasteiger partial charge in [-0.15, -0.1) is 0 Å². The highest BCUT2D eigenvalue weighted by atomic mass is 127. The van der Waals surface area contributed by atoms with E-state index in [2.05, 4.69) is 27.9 Å². The van der Waals surface area contributed by atoms with Gasteiger partial charge in [0.25, 0.3) is 0 Å². The van der Waals surface area contributed by atoms with Crippen molar-refractivity contribution < 1.29 is 17.6 Å². The van der Waals surface area contributed by atoms with Crippen LogP contribution in [0.5, 0.6) is 0 Å². The minimum atomic E-state index is -3.97. The fraction of sp³-hybridized carbons (Fsp3) is 0.400. The average Bonchev–Trinajstić information content (AvgIpc) is 2.20. The Bertz CT molecular complexity index is 326. The summed E-state index contributed by atoms with van der Waals surface area (Å²) in [6.45, 7) is -0.865. The molecule has 0 heterocycles. The molecule has 0 aliphatic rings. The van der Waals surface area contributed by atoms with E-state index in [0.717, 1.165) is 9.13 Å². The van der Waals surface area contributed by atoms with Gasteiger partial charge in [0, 0.05) is 10.1 Å². The molecule has 6 heteroatoms. The number of halogens is 5. The van der Waals surface area contributed by atoms with Gasteiger partial charge in [-0.1, -0.05) is 12.1 Å². The molecule has 0 spiro atoms. The van der Waals surface area contributed by atoms with Crippen molar-refractivity contribution in [1.82, 2.24) is 5.32 Å². The van der Waals surface area contributed by atoms with Gasteiger partial charge < -0.3 is 5.32 Å². The molecule has 0 atom stereocenters. The number of benzene rings is 1. The van der Waals surface area contributed by atoms with Crippen LogP contribution >= 0.6 is 22.6 Å². The highest BCUT2D eigenvalue weighted by Crippen LogP contribution is 2.21. The van der Waals surface area contributed by atoms with Crippen molar-refractivity contribution in [1.29, 1.82) is 0 Å². The van der Waals surface area contributed by atoms with Crippen LogP contribution in [0.3, 0.4) is 0 Å². The molecule has 1 aromatic rings. The summed E-state index contributed by atoms with van der Waals surface area (Å²) >= 11 is 2.12. The van der Waals surface area contributed by atoms with Gasteiger partial charge in [0.15, 0.2) is 0 Å². The van der Waals surface area contributed by atoms with Crippen molar-refractivity contribution in [2.45, 2.75) is 18.9 Å². The molecule has 1 N–H and O–H groups in total. The lowest BCUT2D eigenvalue weighted by atomic mass is 10.2. The Balaban J connectivity index is 2.39. The van der Waals surface area contributed by atoms with E-state index in [1.807, 2.05) is 12.1 Å². The smallest absolute Gasteiger partial charge is 0.307 e. The minimum absolute atomic E-state index is 0.152. The van der Waals surface area contributed by atoms with Gasteiger partial charge in [0.2, 0.25) is 0 Å². The fourth-order valence-electron chi connectivity index (χ4n) is 1.05. The van der Waals surface area contributed by atoms with Crippen molar-refractivity contribution in [3.05, 3.63) is 33.4 Å². The second-order valence-corrected chi connectivity index (χ2v) is 4.54. The van der Waals surface area contributed by atoms with E-state index >= 15 is 0 Å². The van der Waals surface area contributed by atoms with Crippen LogP contribution in [-0.4, -0.2) is 18.9 Å². The lowest BCUT2D eigenvalue weighted by Gasteiger charge is -2.15. The van der Waals surface area contributed by atoms with Gasteiger partial charge in [-0.2, -0.15) is 8.78 Å². The van der Waals surface area contributed by atoms with Crippen LogP contribution in [0.4, 0.5) is 17.6 Å². The quantitative estimate of drug-likeness (QED) is 0.637. The van der Waals surface area contributed by atoms with Gasteiger partial charge in [-0.25, -0.2) is 8.78 Å². The minimum Gasteiger partial charge on any atom is -0.307 e. The maximum absolute atomic E-state index is 12.5. The van der Waals surface area contributed by atoms with Crippen LogP contribution in [-0.2, 0) is 6.54 Å². The fourth-order valence-corrected chi connectivity index (χ4v) is 1.41. The van der Waals surface area contributed by atoms with Crippen molar-refractivity contribution >= 4 is 22.6 Å². The van der Waals surface area contributed by atoms with Crippen LogP contribution in [0.25, 0.3) is 0 Å². The predicted octanol–water partition coefficient (Wildman–Crippen LogP) is 3.28. The zero-order valence-electron chi connectivity index (χ0n) is 8.19. The Morgan fingerprint density at radius 2 is 1.75 bits per heavy atom. The summed E-state index contributed by atoms with van der Waals surface area (Å²) in [5, 5.41) is 2.31. The lowest BCUT2D eigenvalue weighted by molar-refractivity contribution is -0.125. The molecule has 0 saturated carbocycles. The number of nitrogens with one attached hydrogen (secondary N) is 1. The number of hydrogen-bond acceptors (Lipinski definition) is 1. The standard InChI is InChI=1S/C10H10F4IN/c11-9(12)10(13,14)6-16-5-7-1-3-8(15)4-2-7/h1-4,9,16H,5-6H2. The number of alkyl halides is 4. The summed E-state index contributed by atoms with van der Waals surface area (Å²) in [6.07, 6.45) is -3.63. The first-order chi connectivity index (χ1) is 7.42. The van der Waals surface area contributed by atoms with E-state index in [-0.39, 0.29) is 6.54 Å². The molecule has 1 aromatic carbocycles. The Labute approximate surface area is 104 Å². The predicted molar refractivity (Wildman–Crippen MR) is 61.8 cm³/mol. The molecule has 0 saturated heterocycles. The number of rotatable bonds is 5. The SMILES string of the molecule is FC(F)C(F)(F)CNCc1ccc(I)cc1. The van der Waals surface area contributed by atoms with Gasteiger partial charge >= 0.3 is 12.3 Å². The summed E-state index contributed by atoms with van der Waals surface area (Å²) in [4.78, 5) is 0. The second-order valence-electron chi connectivity index (χ2n) is 3.29. The first-order valence-corrected chi connectivity index (χ1v) is 5.61. The van der Waals surface area contributed by atoms with Crippen LogP contribution < -0.4 is 5.32 Å². The topological polar surface area (TPSA) is 12.0 Å². The van der Waals surface area contributed by atoms with E-state index in [0.29, 0.717) is 0 Å². The summed E-state index contributed by atoms with van der Waals surface area (Å²) in [6, 6.07) is 7.16. The van der Waals surface area contributed by atoms with E-state index in [1.165, 1.54) is 0 Å². The monoisotopic (exact) mass is 347 g/mol. The highest BCUT2D eigenvalue weighted by molar-refractivity contribution is 14.1. The molecular formula is C10H10F4IN. The molecular weight excluding hydrogens is 337 g/mol. The molecule has 0 aliphatic carbocycles. The molecule has 1 rings (SSSR count). The van der Waals surface area contributed by atoms with E-state index < -0.39 is 18.9 Å². The van der Waals surface area contributed by atoms with Crippen molar-refractivity contribution in [3.8, 4) is 0 Å². The van der Waals surface area contributed by atoms with Crippen LogP contribution in [0.2, 0.25) is 0 Å². The molecule has 0 unspecified atom stereocenters. The molecule has 90 valence electrons. The molecule has 0 aliphatic heterocycles. The lowest BCUT2D eigenvalue weighted by Crippen LogP contribution is -2.38. The maximum Gasteiger partial charge on any atom is 0.319 e. The molecule has 0 aromatic heterocycles. The molecule has 0 fully saturated rings. The van der Waals surface area contributed by atoms with E-state index in [1.54, 1.807) is 12.1 Å². The zero-order valence-corrected chi connectivity index (χ0v) is 10.3. The Morgan fingerprint density at radius 3 is 2.25 bits per heavy atom. The van der Waals surface area contributed by atoms with Crippen molar-refractivity contribution in [2.75, 3.05) is 6.54 Å². The van der Waals surface area contributed by atoms with Gasteiger partial charge in [0.1, 0.15) is 0 Å². The second kappa shape index (κ2) is 5.81. The molecule has 0 radical (unpaired) electrons. The van der Waals surface area contributed by atoms with Crippen LogP contribution in [0.1, 0.15) is 5.56 Å². The summed E-state index contributed by atoms with van der Waals surface area (Å²) in [5.74, 6) is -3.97. The molecule has 0 amide bonds. The Kier molecular flexibility index (Phi) is 4.97. The maximum atomic E-state index is 12.5. The first kappa shape index (κ1) is 13.7. The molecule has 16 heavy (non-hydrogen) atoms. The Hall–Kier alpha value is -0.370. The summed E-state index contributed by atoms with van der Waals surface area (Å²) in [5.41, 5.74) is 0.783. The summed E-state index contributed by atoms with van der Waals surface area (Å²) < 4.78 is 49.6. The van der Waals surface area contributed by atoms with Gasteiger partial charge in [-0.3, -0.25) is 0 Å². The van der Waals surface area contributed by atoms with Gasteiger partial charge in [0.05, 0.1) is 6.54 Å². The van der Waals surface area contributed by atoms with Crippen molar-refractivity contribution in [3.63, 3.8) is 0 Å². The third kappa shape index (κ3) is 4.25. The van der Waals surface area contributed by atoms with Crippen LogP contribution in [0, 0.1) is 3.57 Å².